The highest BCUT2D eigenvalue weighted by atomic mass is 32.1. The number of aromatic nitrogens is 4. The number of aryl methyl sites for hydroxylation is 1. The monoisotopic (exact) mass is 417 g/mol. The number of ether oxygens (including phenoxy) is 1. The number of amides is 1. The van der Waals surface area contributed by atoms with Crippen LogP contribution in [0.25, 0.3) is 33.2 Å². The number of H-pyrrole nitrogens is 1. The van der Waals surface area contributed by atoms with Crippen LogP contribution in [-0.4, -0.2) is 32.0 Å². The fraction of sp³-hybridized carbons (Fsp3) is 0.136. The summed E-state index contributed by atoms with van der Waals surface area (Å²) >= 11 is 1.39. The van der Waals surface area contributed by atoms with Gasteiger partial charge in [-0.2, -0.15) is 0 Å². The first-order valence-electron chi connectivity index (χ1n) is 9.49. The van der Waals surface area contributed by atoms with Gasteiger partial charge in [-0.1, -0.05) is 30.3 Å². The fourth-order valence-corrected chi connectivity index (χ4v) is 4.18. The Morgan fingerprint density at radius 3 is 2.90 bits per heavy atom. The molecule has 5 aromatic rings. The zero-order chi connectivity index (χ0) is 20.5. The van der Waals surface area contributed by atoms with Crippen molar-refractivity contribution in [1.82, 2.24) is 19.5 Å². The van der Waals surface area contributed by atoms with Crippen LogP contribution in [0.4, 0.5) is 5.13 Å². The average Bonchev–Trinajstić information content (AvgIpc) is 3.46. The second-order valence-electron chi connectivity index (χ2n) is 6.90. The highest BCUT2D eigenvalue weighted by Crippen LogP contribution is 2.30. The molecule has 150 valence electrons. The summed E-state index contributed by atoms with van der Waals surface area (Å²) in [5.74, 6) is 0.536. The highest BCUT2D eigenvalue weighted by Gasteiger charge is 2.12. The zero-order valence-corrected chi connectivity index (χ0v) is 17.1. The van der Waals surface area contributed by atoms with Crippen LogP contribution < -0.4 is 5.32 Å². The maximum Gasteiger partial charge on any atom is 0.252 e. The topological polar surface area (TPSA) is 84.8 Å². The van der Waals surface area contributed by atoms with Crippen molar-refractivity contribution in [3.05, 3.63) is 65.9 Å². The van der Waals surface area contributed by atoms with Gasteiger partial charge in [0.2, 0.25) is 0 Å². The summed E-state index contributed by atoms with van der Waals surface area (Å²) in [7, 11) is 1.94. The van der Waals surface area contributed by atoms with E-state index in [2.05, 4.69) is 20.3 Å². The Balaban J connectivity index is 1.20. The van der Waals surface area contributed by atoms with Crippen LogP contribution in [0.2, 0.25) is 0 Å². The number of hydrogen-bond donors (Lipinski definition) is 2. The minimum Gasteiger partial charge on any atom is -0.364 e. The minimum atomic E-state index is -0.242. The minimum absolute atomic E-state index is 0.0643. The Hall–Kier alpha value is -3.49. The number of rotatable bonds is 6. The van der Waals surface area contributed by atoms with Crippen molar-refractivity contribution in [2.24, 2.45) is 7.05 Å². The third kappa shape index (κ3) is 3.47. The van der Waals surface area contributed by atoms with Gasteiger partial charge in [-0.05, 0) is 18.2 Å². The van der Waals surface area contributed by atoms with Crippen LogP contribution >= 0.6 is 11.3 Å². The van der Waals surface area contributed by atoms with Gasteiger partial charge in [0.15, 0.2) is 5.13 Å². The fourth-order valence-electron chi connectivity index (χ4n) is 3.45. The molecule has 2 N–H and O–H groups in total. The number of carbonyl (C=O) groups excluding carboxylic acids is 1. The molecule has 0 saturated carbocycles. The van der Waals surface area contributed by atoms with Crippen LogP contribution in [0.15, 0.2) is 60.1 Å². The molecule has 0 aliphatic rings. The number of nitrogens with zero attached hydrogens (tertiary/aromatic N) is 3. The predicted octanol–water partition coefficient (Wildman–Crippen LogP) is 4.33. The van der Waals surface area contributed by atoms with Crippen molar-refractivity contribution < 1.29 is 9.53 Å². The van der Waals surface area contributed by atoms with Gasteiger partial charge in [0.25, 0.3) is 5.91 Å². The van der Waals surface area contributed by atoms with E-state index in [1.807, 2.05) is 71.7 Å². The largest absolute Gasteiger partial charge is 0.364 e. The van der Waals surface area contributed by atoms with Gasteiger partial charge in [0, 0.05) is 35.1 Å². The van der Waals surface area contributed by atoms with Crippen molar-refractivity contribution >= 4 is 44.3 Å². The maximum absolute atomic E-state index is 12.3. The van der Waals surface area contributed by atoms with Crippen molar-refractivity contribution in [3.8, 4) is 11.3 Å². The quantitative estimate of drug-likeness (QED) is 0.431. The summed E-state index contributed by atoms with van der Waals surface area (Å²) in [5, 5.41) is 6.39. The molecule has 7 nitrogen and oxygen atoms in total. The number of hydrogen-bond acceptors (Lipinski definition) is 5. The van der Waals surface area contributed by atoms with Gasteiger partial charge in [0.1, 0.15) is 19.0 Å². The van der Waals surface area contributed by atoms with E-state index in [1.54, 1.807) is 0 Å². The number of anilines is 1. The Labute approximate surface area is 176 Å². The van der Waals surface area contributed by atoms with Crippen LogP contribution in [0.5, 0.6) is 0 Å². The molecule has 5 rings (SSSR count). The smallest absolute Gasteiger partial charge is 0.252 e. The second-order valence-corrected chi connectivity index (χ2v) is 7.76. The van der Waals surface area contributed by atoms with E-state index in [-0.39, 0.29) is 19.1 Å². The number of carbonyl (C=O) groups is 1. The molecule has 0 aliphatic carbocycles. The summed E-state index contributed by atoms with van der Waals surface area (Å²) in [4.78, 5) is 24.6. The molecule has 0 fully saturated rings. The summed E-state index contributed by atoms with van der Waals surface area (Å²) in [6.07, 6.45) is 1.94. The lowest BCUT2D eigenvalue weighted by atomic mass is 10.1. The van der Waals surface area contributed by atoms with E-state index in [1.165, 1.54) is 11.3 Å². The summed E-state index contributed by atoms with van der Waals surface area (Å²) in [6, 6.07) is 15.9. The SMILES string of the molecule is Cn1c(COCC(=O)Nc2nc(-c3c[nH]c4ccccc34)cs2)nc2ccccc21. The molecule has 0 saturated heterocycles. The third-order valence-electron chi connectivity index (χ3n) is 4.96. The molecule has 1 amide bonds. The number of fused-ring (bicyclic) bond motifs is 2. The number of imidazole rings is 1. The highest BCUT2D eigenvalue weighted by molar-refractivity contribution is 7.14. The molecule has 0 spiro atoms. The molecular weight excluding hydrogens is 398 g/mol. The van der Waals surface area contributed by atoms with Crippen molar-refractivity contribution in [1.29, 1.82) is 0 Å². The maximum atomic E-state index is 12.3. The molecule has 0 unspecified atom stereocenters. The Morgan fingerprint density at radius 1 is 1.17 bits per heavy atom. The van der Waals surface area contributed by atoms with Crippen molar-refractivity contribution in [2.75, 3.05) is 11.9 Å². The Bertz CT molecular complexity index is 1350. The van der Waals surface area contributed by atoms with Gasteiger partial charge in [0.05, 0.1) is 16.7 Å². The Kier molecular flexibility index (Phi) is 4.78. The van der Waals surface area contributed by atoms with Gasteiger partial charge in [-0.25, -0.2) is 9.97 Å². The molecule has 3 heterocycles. The molecule has 0 radical (unpaired) electrons. The van der Waals surface area contributed by atoms with Gasteiger partial charge in [-0.15, -0.1) is 11.3 Å². The molecule has 2 aromatic carbocycles. The summed E-state index contributed by atoms with van der Waals surface area (Å²) in [6.45, 7) is 0.197. The number of thiazole rings is 1. The van der Waals surface area contributed by atoms with E-state index < -0.39 is 0 Å². The van der Waals surface area contributed by atoms with E-state index >= 15 is 0 Å². The number of benzene rings is 2. The first-order valence-corrected chi connectivity index (χ1v) is 10.4. The van der Waals surface area contributed by atoms with Crippen LogP contribution in [0, 0.1) is 0 Å². The van der Waals surface area contributed by atoms with Crippen LogP contribution in [0.1, 0.15) is 5.82 Å². The Morgan fingerprint density at radius 2 is 2.00 bits per heavy atom. The molecule has 8 heteroatoms. The normalized spacial score (nSPS) is 11.4. The molecular formula is C22H19N5O2S. The lowest BCUT2D eigenvalue weighted by Gasteiger charge is -2.05. The predicted molar refractivity (Wildman–Crippen MR) is 118 cm³/mol. The van der Waals surface area contributed by atoms with E-state index in [0.29, 0.717) is 5.13 Å². The number of para-hydroxylation sites is 3. The first kappa shape index (κ1) is 18.5. The third-order valence-corrected chi connectivity index (χ3v) is 5.72. The van der Waals surface area contributed by atoms with E-state index in [0.717, 1.165) is 39.0 Å². The summed E-state index contributed by atoms with van der Waals surface area (Å²) < 4.78 is 7.55. The lowest BCUT2D eigenvalue weighted by Crippen LogP contribution is -2.18. The van der Waals surface area contributed by atoms with Gasteiger partial charge in [-0.3, -0.25) is 10.1 Å². The zero-order valence-electron chi connectivity index (χ0n) is 16.3. The van der Waals surface area contributed by atoms with Crippen molar-refractivity contribution in [3.63, 3.8) is 0 Å². The lowest BCUT2D eigenvalue weighted by molar-refractivity contribution is -0.121. The van der Waals surface area contributed by atoms with E-state index in [4.69, 9.17) is 4.74 Å². The molecule has 0 aliphatic heterocycles. The first-order chi connectivity index (χ1) is 14.7. The average molecular weight is 417 g/mol. The van der Waals surface area contributed by atoms with Crippen LogP contribution in [-0.2, 0) is 23.2 Å². The standard InChI is InChI=1S/C22H19N5O2S/c1-27-19-9-5-4-8-17(19)24-20(27)11-29-12-21(28)26-22-25-18(13-30-22)15-10-23-16-7-3-2-6-14(15)16/h2-10,13,23H,11-12H2,1H3,(H,25,26,28). The van der Waals surface area contributed by atoms with E-state index in [9.17, 15) is 4.79 Å². The van der Waals surface area contributed by atoms with Gasteiger partial charge < -0.3 is 14.3 Å². The molecule has 0 bridgehead atoms. The number of aromatic amines is 1. The summed E-state index contributed by atoms with van der Waals surface area (Å²) in [5.41, 5.74) is 4.85. The molecule has 30 heavy (non-hydrogen) atoms. The van der Waals surface area contributed by atoms with Crippen LogP contribution in [0.3, 0.4) is 0 Å². The van der Waals surface area contributed by atoms with Crippen molar-refractivity contribution in [2.45, 2.75) is 6.61 Å². The van der Waals surface area contributed by atoms with Gasteiger partial charge >= 0.3 is 0 Å². The molecule has 0 atom stereocenters. The second kappa shape index (κ2) is 7.74. The molecule has 3 aromatic heterocycles. The number of nitrogens with one attached hydrogen (secondary N) is 2.